The highest BCUT2D eigenvalue weighted by molar-refractivity contribution is 6.33. The van der Waals surface area contributed by atoms with Crippen molar-refractivity contribution < 1.29 is 0 Å². The maximum Gasteiger partial charge on any atom is 0.224 e. The molecule has 1 aromatic heterocycles. The maximum atomic E-state index is 6.18. The number of nitrogens with zero attached hydrogens (tertiary/aromatic N) is 3. The third-order valence-electron chi connectivity index (χ3n) is 2.72. The second-order valence-electron chi connectivity index (χ2n) is 4.19. The summed E-state index contributed by atoms with van der Waals surface area (Å²) in [4.78, 5) is 10.6. The largest absolute Gasteiger partial charge is 0.354 e. The number of para-hydroxylation sites is 1. The zero-order valence-electron chi connectivity index (χ0n) is 11.1. The van der Waals surface area contributed by atoms with Crippen LogP contribution >= 0.6 is 11.6 Å². The Balaban J connectivity index is 2.28. The van der Waals surface area contributed by atoms with E-state index in [4.69, 9.17) is 11.6 Å². The molecule has 0 bridgehead atoms. The van der Waals surface area contributed by atoms with E-state index in [0.29, 0.717) is 16.8 Å². The van der Waals surface area contributed by atoms with E-state index < -0.39 is 0 Å². The van der Waals surface area contributed by atoms with Gasteiger partial charge in [-0.1, -0.05) is 36.7 Å². The van der Waals surface area contributed by atoms with Gasteiger partial charge in [-0.05, 0) is 18.6 Å². The Bertz CT molecular complexity index is 530. The number of anilines is 3. The number of aromatic nitrogens is 2. The molecule has 1 heterocycles. The maximum absolute atomic E-state index is 6.18. The second kappa shape index (κ2) is 6.38. The molecule has 0 spiro atoms. The van der Waals surface area contributed by atoms with Crippen molar-refractivity contribution in [2.24, 2.45) is 0 Å². The average Bonchev–Trinajstić information content (AvgIpc) is 2.46. The summed E-state index contributed by atoms with van der Waals surface area (Å²) in [6.07, 6.45) is 2.65. The van der Waals surface area contributed by atoms with Gasteiger partial charge >= 0.3 is 0 Å². The molecule has 0 unspecified atom stereocenters. The summed E-state index contributed by atoms with van der Waals surface area (Å²) in [5, 5.41) is 3.70. The standard InChI is InChI=1S/C14H17ClN4/c1-3-9-16-14-17-10-12(15)13(18-14)19(2)11-7-5-4-6-8-11/h4-8,10H,3,9H2,1-2H3,(H,16,17,18). The molecule has 5 heteroatoms. The molecule has 0 saturated heterocycles. The Hall–Kier alpha value is -1.81. The van der Waals surface area contributed by atoms with Crippen molar-refractivity contribution in [2.45, 2.75) is 13.3 Å². The molecule has 0 fully saturated rings. The zero-order chi connectivity index (χ0) is 13.7. The van der Waals surface area contributed by atoms with Crippen molar-refractivity contribution in [2.75, 3.05) is 23.8 Å². The number of benzene rings is 1. The fourth-order valence-electron chi connectivity index (χ4n) is 1.69. The molecule has 2 rings (SSSR count). The highest BCUT2D eigenvalue weighted by atomic mass is 35.5. The van der Waals surface area contributed by atoms with Crippen molar-refractivity contribution in [3.05, 3.63) is 41.6 Å². The van der Waals surface area contributed by atoms with E-state index in [2.05, 4.69) is 22.2 Å². The lowest BCUT2D eigenvalue weighted by molar-refractivity contribution is 0.948. The van der Waals surface area contributed by atoms with Gasteiger partial charge in [0, 0.05) is 19.3 Å². The van der Waals surface area contributed by atoms with Gasteiger partial charge in [0.1, 0.15) is 5.02 Å². The van der Waals surface area contributed by atoms with E-state index >= 15 is 0 Å². The first kappa shape index (κ1) is 13.6. The van der Waals surface area contributed by atoms with Gasteiger partial charge in [-0.2, -0.15) is 4.98 Å². The lowest BCUT2D eigenvalue weighted by Gasteiger charge is -2.19. The lowest BCUT2D eigenvalue weighted by Crippen LogP contribution is -2.14. The van der Waals surface area contributed by atoms with Crippen LogP contribution in [0.4, 0.5) is 17.5 Å². The summed E-state index contributed by atoms with van der Waals surface area (Å²) in [6.45, 7) is 2.94. The van der Waals surface area contributed by atoms with E-state index in [1.807, 2.05) is 42.3 Å². The van der Waals surface area contributed by atoms with E-state index in [-0.39, 0.29) is 0 Å². The normalized spacial score (nSPS) is 10.3. The number of nitrogens with one attached hydrogen (secondary N) is 1. The minimum atomic E-state index is 0.536. The van der Waals surface area contributed by atoms with Crippen LogP contribution in [0.3, 0.4) is 0 Å². The molecule has 100 valence electrons. The zero-order valence-corrected chi connectivity index (χ0v) is 11.9. The summed E-state index contributed by atoms with van der Waals surface area (Å²) in [5.41, 5.74) is 1.03. The van der Waals surface area contributed by atoms with Crippen molar-refractivity contribution in [1.29, 1.82) is 0 Å². The van der Waals surface area contributed by atoms with Crippen LogP contribution in [0.5, 0.6) is 0 Å². The molecule has 0 radical (unpaired) electrons. The summed E-state index contributed by atoms with van der Waals surface area (Å²) >= 11 is 6.18. The SMILES string of the molecule is CCCNc1ncc(Cl)c(N(C)c2ccccc2)n1. The molecule has 0 saturated carbocycles. The van der Waals surface area contributed by atoms with Crippen LogP contribution in [-0.2, 0) is 0 Å². The lowest BCUT2D eigenvalue weighted by atomic mass is 10.3. The van der Waals surface area contributed by atoms with Crippen LogP contribution in [0.15, 0.2) is 36.5 Å². The van der Waals surface area contributed by atoms with Crippen molar-refractivity contribution in [3.8, 4) is 0 Å². The molecule has 0 atom stereocenters. The van der Waals surface area contributed by atoms with Gasteiger partial charge in [0.25, 0.3) is 0 Å². The first-order valence-corrected chi connectivity index (χ1v) is 6.65. The second-order valence-corrected chi connectivity index (χ2v) is 4.59. The van der Waals surface area contributed by atoms with Crippen molar-refractivity contribution >= 4 is 29.1 Å². The highest BCUT2D eigenvalue weighted by Crippen LogP contribution is 2.28. The number of hydrogen-bond acceptors (Lipinski definition) is 4. The van der Waals surface area contributed by atoms with E-state index in [0.717, 1.165) is 18.7 Å². The number of halogens is 1. The number of hydrogen-bond donors (Lipinski definition) is 1. The van der Waals surface area contributed by atoms with Crippen LogP contribution < -0.4 is 10.2 Å². The van der Waals surface area contributed by atoms with Crippen LogP contribution in [0, 0.1) is 0 Å². The van der Waals surface area contributed by atoms with Crippen LogP contribution in [-0.4, -0.2) is 23.6 Å². The van der Waals surface area contributed by atoms with E-state index in [9.17, 15) is 0 Å². The molecule has 2 aromatic rings. The number of rotatable bonds is 5. The molecular formula is C14H17ClN4. The highest BCUT2D eigenvalue weighted by Gasteiger charge is 2.11. The van der Waals surface area contributed by atoms with Crippen LogP contribution in [0.2, 0.25) is 5.02 Å². The summed E-state index contributed by atoms with van der Waals surface area (Å²) < 4.78 is 0. The molecule has 4 nitrogen and oxygen atoms in total. The third-order valence-corrected chi connectivity index (χ3v) is 2.99. The van der Waals surface area contributed by atoms with Crippen molar-refractivity contribution in [3.63, 3.8) is 0 Å². The van der Waals surface area contributed by atoms with Crippen LogP contribution in [0.25, 0.3) is 0 Å². The Morgan fingerprint density at radius 2 is 2.00 bits per heavy atom. The van der Waals surface area contributed by atoms with Crippen molar-refractivity contribution in [1.82, 2.24) is 9.97 Å². The Labute approximate surface area is 118 Å². The minimum Gasteiger partial charge on any atom is -0.354 e. The first-order valence-electron chi connectivity index (χ1n) is 6.27. The molecule has 1 N–H and O–H groups in total. The topological polar surface area (TPSA) is 41.1 Å². The molecule has 0 aliphatic carbocycles. The van der Waals surface area contributed by atoms with Gasteiger partial charge in [-0.3, -0.25) is 0 Å². The third kappa shape index (κ3) is 3.35. The van der Waals surface area contributed by atoms with Gasteiger partial charge in [0.05, 0.1) is 6.20 Å². The fraction of sp³-hybridized carbons (Fsp3) is 0.286. The van der Waals surface area contributed by atoms with Gasteiger partial charge in [0.2, 0.25) is 5.95 Å². The fourth-order valence-corrected chi connectivity index (χ4v) is 1.91. The molecule has 1 aromatic carbocycles. The van der Waals surface area contributed by atoms with Gasteiger partial charge in [0.15, 0.2) is 5.82 Å². The molecule has 0 aliphatic heterocycles. The Morgan fingerprint density at radius 3 is 2.68 bits per heavy atom. The summed E-state index contributed by atoms with van der Waals surface area (Å²) in [5.74, 6) is 1.30. The first-order chi connectivity index (χ1) is 9.22. The Morgan fingerprint density at radius 1 is 1.26 bits per heavy atom. The molecule has 0 aliphatic rings. The quantitative estimate of drug-likeness (QED) is 0.904. The monoisotopic (exact) mass is 276 g/mol. The van der Waals surface area contributed by atoms with E-state index in [1.54, 1.807) is 6.20 Å². The molecule has 0 amide bonds. The van der Waals surface area contributed by atoms with Gasteiger partial charge in [-0.25, -0.2) is 4.98 Å². The average molecular weight is 277 g/mol. The predicted molar refractivity (Wildman–Crippen MR) is 80.3 cm³/mol. The molecule has 19 heavy (non-hydrogen) atoms. The Kier molecular flexibility index (Phi) is 4.58. The predicted octanol–water partition coefficient (Wildman–Crippen LogP) is 3.72. The summed E-state index contributed by atoms with van der Waals surface area (Å²) in [6, 6.07) is 9.97. The molecular weight excluding hydrogens is 260 g/mol. The summed E-state index contributed by atoms with van der Waals surface area (Å²) in [7, 11) is 1.94. The smallest absolute Gasteiger partial charge is 0.224 e. The van der Waals surface area contributed by atoms with Gasteiger partial charge in [-0.15, -0.1) is 0 Å². The van der Waals surface area contributed by atoms with E-state index in [1.165, 1.54) is 0 Å². The minimum absolute atomic E-state index is 0.536. The van der Waals surface area contributed by atoms with Crippen LogP contribution in [0.1, 0.15) is 13.3 Å². The van der Waals surface area contributed by atoms with Gasteiger partial charge < -0.3 is 10.2 Å².